The Labute approximate surface area is 153 Å². The van der Waals surface area contributed by atoms with Crippen LogP contribution in [-0.4, -0.2) is 38.7 Å². The van der Waals surface area contributed by atoms with E-state index in [4.69, 9.17) is 9.47 Å². The van der Waals surface area contributed by atoms with Crippen LogP contribution in [0, 0.1) is 13.8 Å². The number of rotatable bonds is 8. The van der Waals surface area contributed by atoms with Gasteiger partial charge < -0.3 is 20.1 Å². The summed E-state index contributed by atoms with van der Waals surface area (Å²) in [5.74, 6) is 0.0715. The molecule has 6 nitrogen and oxygen atoms in total. The average molecular weight is 356 g/mol. The van der Waals surface area contributed by atoms with Crippen LogP contribution in [0.25, 0.3) is 0 Å². The average Bonchev–Trinajstić information content (AvgIpc) is 2.63. The molecule has 2 N–H and O–H groups in total. The number of amides is 2. The molecular weight excluding hydrogens is 332 g/mol. The molecule has 0 aliphatic rings. The monoisotopic (exact) mass is 356 g/mol. The highest BCUT2D eigenvalue weighted by Gasteiger charge is 2.13. The fourth-order valence-electron chi connectivity index (χ4n) is 2.36. The van der Waals surface area contributed by atoms with Gasteiger partial charge in [-0.1, -0.05) is 24.3 Å². The fourth-order valence-corrected chi connectivity index (χ4v) is 2.36. The van der Waals surface area contributed by atoms with Crippen molar-refractivity contribution in [3.63, 3.8) is 0 Å². The van der Waals surface area contributed by atoms with Crippen molar-refractivity contribution in [1.29, 1.82) is 0 Å². The van der Waals surface area contributed by atoms with Crippen LogP contribution in [0.4, 0.5) is 5.69 Å². The molecule has 2 rings (SSSR count). The number of nitrogens with one attached hydrogen (secondary N) is 2. The van der Waals surface area contributed by atoms with E-state index >= 15 is 0 Å². The third-order valence-electron chi connectivity index (χ3n) is 3.95. The molecule has 0 aromatic heterocycles. The van der Waals surface area contributed by atoms with Crippen molar-refractivity contribution >= 4 is 17.5 Å². The van der Waals surface area contributed by atoms with Crippen LogP contribution in [0.2, 0.25) is 0 Å². The van der Waals surface area contributed by atoms with Crippen LogP contribution in [-0.2, 0) is 9.53 Å². The van der Waals surface area contributed by atoms with Crippen molar-refractivity contribution in [2.24, 2.45) is 0 Å². The first-order chi connectivity index (χ1) is 12.5. The second kappa shape index (κ2) is 9.58. The summed E-state index contributed by atoms with van der Waals surface area (Å²) in [6.45, 7) is 4.62. The number of anilines is 1. The molecule has 0 aliphatic heterocycles. The Morgan fingerprint density at radius 3 is 2.58 bits per heavy atom. The Morgan fingerprint density at radius 1 is 1.04 bits per heavy atom. The third-order valence-corrected chi connectivity index (χ3v) is 3.95. The molecule has 138 valence electrons. The van der Waals surface area contributed by atoms with E-state index in [0.29, 0.717) is 30.2 Å². The first-order valence-electron chi connectivity index (χ1n) is 8.38. The second-order valence-electron chi connectivity index (χ2n) is 5.83. The predicted molar refractivity (Wildman–Crippen MR) is 101 cm³/mol. The standard InChI is InChI=1S/C20H24N2O4/c1-14-7-6-10-18(15(14)2)26-13-19(23)22-17-9-5-4-8-16(17)20(24)21-11-12-25-3/h4-10H,11-13H2,1-3H3,(H,21,24)(H,22,23). The number of methoxy groups -OCH3 is 1. The molecule has 0 atom stereocenters. The van der Waals surface area contributed by atoms with Crippen molar-refractivity contribution in [3.05, 3.63) is 59.2 Å². The molecule has 0 radical (unpaired) electrons. The quantitative estimate of drug-likeness (QED) is 0.713. The number of para-hydroxylation sites is 1. The maximum absolute atomic E-state index is 12.2. The van der Waals surface area contributed by atoms with Gasteiger partial charge in [-0.25, -0.2) is 0 Å². The van der Waals surface area contributed by atoms with Crippen LogP contribution in [0.3, 0.4) is 0 Å². The largest absolute Gasteiger partial charge is 0.483 e. The van der Waals surface area contributed by atoms with Gasteiger partial charge in [-0.15, -0.1) is 0 Å². The number of aryl methyl sites for hydroxylation is 1. The number of hydrogen-bond donors (Lipinski definition) is 2. The maximum Gasteiger partial charge on any atom is 0.262 e. The zero-order valence-electron chi connectivity index (χ0n) is 15.3. The minimum atomic E-state index is -0.331. The molecule has 0 fully saturated rings. The molecule has 2 amide bonds. The number of carbonyl (C=O) groups excluding carboxylic acids is 2. The van der Waals surface area contributed by atoms with Crippen LogP contribution in [0.5, 0.6) is 5.75 Å². The Hall–Kier alpha value is -2.86. The molecule has 0 bridgehead atoms. The summed E-state index contributed by atoms with van der Waals surface area (Å²) in [4.78, 5) is 24.5. The van der Waals surface area contributed by atoms with Crippen molar-refractivity contribution in [3.8, 4) is 5.75 Å². The van der Waals surface area contributed by atoms with E-state index in [1.807, 2.05) is 32.0 Å². The lowest BCUT2D eigenvalue weighted by atomic mass is 10.1. The van der Waals surface area contributed by atoms with E-state index < -0.39 is 0 Å². The predicted octanol–water partition coefficient (Wildman–Crippen LogP) is 2.70. The Balaban J connectivity index is 1.98. The lowest BCUT2D eigenvalue weighted by Gasteiger charge is -2.13. The van der Waals surface area contributed by atoms with E-state index in [2.05, 4.69) is 10.6 Å². The molecule has 0 saturated carbocycles. The lowest BCUT2D eigenvalue weighted by Crippen LogP contribution is -2.29. The van der Waals surface area contributed by atoms with Gasteiger partial charge in [-0.2, -0.15) is 0 Å². The molecule has 26 heavy (non-hydrogen) atoms. The molecule has 0 heterocycles. The van der Waals surface area contributed by atoms with Crippen LogP contribution >= 0.6 is 0 Å². The van der Waals surface area contributed by atoms with E-state index in [1.54, 1.807) is 31.4 Å². The summed E-state index contributed by atoms with van der Waals surface area (Å²) >= 11 is 0. The normalized spacial score (nSPS) is 10.3. The minimum Gasteiger partial charge on any atom is -0.483 e. The first-order valence-corrected chi connectivity index (χ1v) is 8.38. The zero-order chi connectivity index (χ0) is 18.9. The molecule has 0 saturated heterocycles. The number of ether oxygens (including phenoxy) is 2. The Bertz CT molecular complexity index is 774. The van der Waals surface area contributed by atoms with Crippen molar-refractivity contribution < 1.29 is 19.1 Å². The summed E-state index contributed by atoms with van der Waals surface area (Å²) in [5.41, 5.74) is 2.93. The van der Waals surface area contributed by atoms with Gasteiger partial charge in [0.2, 0.25) is 0 Å². The van der Waals surface area contributed by atoms with Crippen molar-refractivity contribution in [2.75, 3.05) is 32.2 Å². The van der Waals surface area contributed by atoms with Gasteiger partial charge in [0, 0.05) is 13.7 Å². The molecule has 2 aromatic rings. The highest BCUT2D eigenvalue weighted by molar-refractivity contribution is 6.04. The highest BCUT2D eigenvalue weighted by Crippen LogP contribution is 2.20. The molecule has 0 aliphatic carbocycles. The highest BCUT2D eigenvalue weighted by atomic mass is 16.5. The van der Waals surface area contributed by atoms with Gasteiger partial charge in [-0.3, -0.25) is 9.59 Å². The number of benzene rings is 2. The Kier molecular flexibility index (Phi) is 7.17. The van der Waals surface area contributed by atoms with E-state index in [9.17, 15) is 9.59 Å². The summed E-state index contributed by atoms with van der Waals surface area (Å²) < 4.78 is 10.5. The third kappa shape index (κ3) is 5.32. The lowest BCUT2D eigenvalue weighted by molar-refractivity contribution is -0.118. The van der Waals surface area contributed by atoms with Gasteiger partial charge in [0.15, 0.2) is 6.61 Å². The van der Waals surface area contributed by atoms with Gasteiger partial charge in [0.05, 0.1) is 17.9 Å². The SMILES string of the molecule is COCCNC(=O)c1ccccc1NC(=O)COc1cccc(C)c1C. The van der Waals surface area contributed by atoms with Gasteiger partial charge in [0.1, 0.15) is 5.75 Å². The van der Waals surface area contributed by atoms with Crippen LogP contribution in [0.1, 0.15) is 21.5 Å². The van der Waals surface area contributed by atoms with Crippen molar-refractivity contribution in [2.45, 2.75) is 13.8 Å². The zero-order valence-corrected chi connectivity index (χ0v) is 15.3. The van der Waals surface area contributed by atoms with Gasteiger partial charge in [0.25, 0.3) is 11.8 Å². The van der Waals surface area contributed by atoms with Crippen LogP contribution in [0.15, 0.2) is 42.5 Å². The summed E-state index contributed by atoms with van der Waals surface area (Å²) in [6.07, 6.45) is 0. The second-order valence-corrected chi connectivity index (χ2v) is 5.83. The summed E-state index contributed by atoms with van der Waals surface area (Å²) in [6, 6.07) is 12.5. The van der Waals surface area contributed by atoms with Crippen molar-refractivity contribution in [1.82, 2.24) is 5.32 Å². The smallest absolute Gasteiger partial charge is 0.262 e. The molecule has 0 unspecified atom stereocenters. The van der Waals surface area contributed by atoms with E-state index in [-0.39, 0.29) is 18.4 Å². The molecule has 0 spiro atoms. The topological polar surface area (TPSA) is 76.7 Å². The van der Waals surface area contributed by atoms with Crippen LogP contribution < -0.4 is 15.4 Å². The summed E-state index contributed by atoms with van der Waals surface area (Å²) in [5, 5.41) is 5.47. The molecule has 2 aromatic carbocycles. The summed E-state index contributed by atoms with van der Waals surface area (Å²) in [7, 11) is 1.57. The van der Waals surface area contributed by atoms with E-state index in [0.717, 1.165) is 11.1 Å². The van der Waals surface area contributed by atoms with Gasteiger partial charge in [-0.05, 0) is 43.2 Å². The Morgan fingerprint density at radius 2 is 1.81 bits per heavy atom. The minimum absolute atomic E-state index is 0.135. The van der Waals surface area contributed by atoms with E-state index in [1.165, 1.54) is 0 Å². The number of hydrogen-bond acceptors (Lipinski definition) is 4. The fraction of sp³-hybridized carbons (Fsp3) is 0.300. The molecular formula is C20H24N2O4. The first kappa shape index (κ1) is 19.5. The molecule has 6 heteroatoms. The van der Waals surface area contributed by atoms with Gasteiger partial charge >= 0.3 is 0 Å². The maximum atomic E-state index is 12.2. The number of carbonyl (C=O) groups is 2.